The molecule has 1 saturated heterocycles. The second kappa shape index (κ2) is 6.58. The summed E-state index contributed by atoms with van der Waals surface area (Å²) in [6.45, 7) is 3.76. The molecule has 0 radical (unpaired) electrons. The SMILES string of the molecule is CC1CCN(C(=O)CCCc2cccs2)CC1Cl. The van der Waals surface area contributed by atoms with Crippen LogP contribution in [-0.2, 0) is 11.2 Å². The lowest BCUT2D eigenvalue weighted by Gasteiger charge is -2.34. The molecule has 0 saturated carbocycles. The molecule has 2 atom stereocenters. The summed E-state index contributed by atoms with van der Waals surface area (Å²) in [4.78, 5) is 15.4. The molecule has 0 bridgehead atoms. The Morgan fingerprint density at radius 1 is 1.61 bits per heavy atom. The standard InChI is InChI=1S/C14H20ClNOS/c1-11-7-8-16(10-13(11)15)14(17)6-2-4-12-5-3-9-18-12/h3,5,9,11,13H,2,4,6-8,10H2,1H3. The van der Waals surface area contributed by atoms with E-state index in [2.05, 4.69) is 24.4 Å². The molecule has 1 aliphatic rings. The zero-order valence-corrected chi connectivity index (χ0v) is 12.3. The first kappa shape index (κ1) is 13.9. The third kappa shape index (κ3) is 3.72. The molecule has 1 aromatic rings. The number of thiophene rings is 1. The summed E-state index contributed by atoms with van der Waals surface area (Å²) in [6, 6.07) is 4.19. The van der Waals surface area contributed by atoms with E-state index in [4.69, 9.17) is 11.6 Å². The van der Waals surface area contributed by atoms with Crippen LogP contribution in [-0.4, -0.2) is 29.3 Å². The predicted molar refractivity (Wildman–Crippen MR) is 77.3 cm³/mol. The van der Waals surface area contributed by atoms with E-state index in [1.165, 1.54) is 4.88 Å². The maximum Gasteiger partial charge on any atom is 0.222 e. The Kier molecular flexibility index (Phi) is 5.07. The van der Waals surface area contributed by atoms with Gasteiger partial charge in [0.05, 0.1) is 5.38 Å². The Bertz CT molecular complexity index is 379. The van der Waals surface area contributed by atoms with Gasteiger partial charge in [-0.05, 0) is 36.6 Å². The van der Waals surface area contributed by atoms with Crippen molar-refractivity contribution in [3.8, 4) is 0 Å². The van der Waals surface area contributed by atoms with Gasteiger partial charge in [-0.15, -0.1) is 22.9 Å². The molecule has 100 valence electrons. The number of nitrogens with zero attached hydrogens (tertiary/aromatic N) is 1. The van der Waals surface area contributed by atoms with Crippen LogP contribution in [0.3, 0.4) is 0 Å². The van der Waals surface area contributed by atoms with Crippen LogP contribution in [0.1, 0.15) is 31.1 Å². The van der Waals surface area contributed by atoms with Crippen LogP contribution in [0.4, 0.5) is 0 Å². The topological polar surface area (TPSA) is 20.3 Å². The minimum atomic E-state index is 0.125. The highest BCUT2D eigenvalue weighted by atomic mass is 35.5. The largest absolute Gasteiger partial charge is 0.341 e. The third-order valence-corrected chi connectivity index (χ3v) is 5.12. The van der Waals surface area contributed by atoms with E-state index in [1.807, 2.05) is 4.90 Å². The summed E-state index contributed by atoms with van der Waals surface area (Å²) in [5, 5.41) is 2.21. The molecule has 1 aliphatic heterocycles. The number of likely N-dealkylation sites (tertiary alicyclic amines) is 1. The highest BCUT2D eigenvalue weighted by Gasteiger charge is 2.26. The number of carbonyl (C=O) groups excluding carboxylic acids is 1. The monoisotopic (exact) mass is 285 g/mol. The normalized spacial score (nSPS) is 24.2. The zero-order valence-electron chi connectivity index (χ0n) is 10.8. The minimum Gasteiger partial charge on any atom is -0.341 e. The molecule has 2 nitrogen and oxygen atoms in total. The van der Waals surface area contributed by atoms with Gasteiger partial charge in [0.15, 0.2) is 0 Å². The highest BCUT2D eigenvalue weighted by Crippen LogP contribution is 2.22. The van der Waals surface area contributed by atoms with Gasteiger partial charge in [0.1, 0.15) is 0 Å². The molecule has 2 unspecified atom stereocenters. The molecule has 0 spiro atoms. The van der Waals surface area contributed by atoms with Crippen LogP contribution < -0.4 is 0 Å². The number of hydrogen-bond acceptors (Lipinski definition) is 2. The van der Waals surface area contributed by atoms with Gasteiger partial charge in [0.25, 0.3) is 0 Å². The average Bonchev–Trinajstić information content (AvgIpc) is 2.85. The lowest BCUT2D eigenvalue weighted by atomic mass is 9.98. The van der Waals surface area contributed by atoms with Crippen LogP contribution in [0, 0.1) is 5.92 Å². The van der Waals surface area contributed by atoms with Crippen molar-refractivity contribution in [1.82, 2.24) is 4.90 Å². The molecule has 0 aliphatic carbocycles. The first-order valence-corrected chi connectivity index (χ1v) is 7.92. The van der Waals surface area contributed by atoms with Crippen LogP contribution in [0.2, 0.25) is 0 Å². The summed E-state index contributed by atoms with van der Waals surface area (Å²) in [5.74, 6) is 0.797. The van der Waals surface area contributed by atoms with Crippen LogP contribution in [0.15, 0.2) is 17.5 Å². The summed E-state index contributed by atoms with van der Waals surface area (Å²) >= 11 is 7.99. The third-order valence-electron chi connectivity index (χ3n) is 3.61. The Morgan fingerprint density at radius 2 is 2.44 bits per heavy atom. The highest BCUT2D eigenvalue weighted by molar-refractivity contribution is 7.09. The molecule has 1 aromatic heterocycles. The van der Waals surface area contributed by atoms with E-state index in [0.29, 0.717) is 12.3 Å². The maximum absolute atomic E-state index is 12.0. The van der Waals surface area contributed by atoms with Crippen molar-refractivity contribution in [2.24, 2.45) is 5.92 Å². The van der Waals surface area contributed by atoms with Crippen LogP contribution >= 0.6 is 22.9 Å². The maximum atomic E-state index is 12.0. The van der Waals surface area contributed by atoms with E-state index >= 15 is 0 Å². The fourth-order valence-corrected chi connectivity index (χ4v) is 3.32. The number of hydrogen-bond donors (Lipinski definition) is 0. The number of halogens is 1. The minimum absolute atomic E-state index is 0.125. The molecule has 1 amide bonds. The smallest absolute Gasteiger partial charge is 0.222 e. The Hall–Kier alpha value is -0.540. The lowest BCUT2D eigenvalue weighted by molar-refractivity contribution is -0.132. The van der Waals surface area contributed by atoms with Gasteiger partial charge in [-0.3, -0.25) is 4.79 Å². The zero-order chi connectivity index (χ0) is 13.0. The quantitative estimate of drug-likeness (QED) is 0.775. The van der Waals surface area contributed by atoms with Gasteiger partial charge in [0.2, 0.25) is 5.91 Å². The van der Waals surface area contributed by atoms with Crippen molar-refractivity contribution in [1.29, 1.82) is 0 Å². The number of piperidine rings is 1. The molecule has 0 N–H and O–H groups in total. The lowest BCUT2D eigenvalue weighted by Crippen LogP contribution is -2.43. The summed E-state index contributed by atoms with van der Waals surface area (Å²) in [6.07, 6.45) is 3.64. The second-order valence-electron chi connectivity index (χ2n) is 5.05. The number of rotatable bonds is 4. The van der Waals surface area contributed by atoms with Gasteiger partial charge in [-0.2, -0.15) is 0 Å². The van der Waals surface area contributed by atoms with Crippen LogP contribution in [0.5, 0.6) is 0 Å². The predicted octanol–water partition coefficient (Wildman–Crippen LogP) is 3.55. The van der Waals surface area contributed by atoms with Crippen molar-refractivity contribution >= 4 is 28.8 Å². The van der Waals surface area contributed by atoms with E-state index in [0.717, 1.165) is 32.4 Å². The van der Waals surface area contributed by atoms with Gasteiger partial charge >= 0.3 is 0 Å². The first-order valence-electron chi connectivity index (χ1n) is 6.61. The fourth-order valence-electron chi connectivity index (χ4n) is 2.28. The second-order valence-corrected chi connectivity index (χ2v) is 6.65. The molecular weight excluding hydrogens is 266 g/mol. The number of carbonyl (C=O) groups is 1. The van der Waals surface area contributed by atoms with Crippen molar-refractivity contribution in [3.63, 3.8) is 0 Å². The molecule has 1 fully saturated rings. The Labute approximate surface area is 118 Å². The van der Waals surface area contributed by atoms with Gasteiger partial charge in [-0.25, -0.2) is 0 Å². The molecule has 0 aromatic carbocycles. The van der Waals surface area contributed by atoms with E-state index < -0.39 is 0 Å². The number of alkyl halides is 1. The van der Waals surface area contributed by atoms with Crippen LogP contribution in [0.25, 0.3) is 0 Å². The van der Waals surface area contributed by atoms with E-state index in [1.54, 1.807) is 11.3 Å². The number of amides is 1. The van der Waals surface area contributed by atoms with Gasteiger partial charge < -0.3 is 4.90 Å². The number of aryl methyl sites for hydroxylation is 1. The van der Waals surface area contributed by atoms with Crippen molar-refractivity contribution in [2.45, 2.75) is 38.0 Å². The van der Waals surface area contributed by atoms with Crippen molar-refractivity contribution in [2.75, 3.05) is 13.1 Å². The summed E-state index contributed by atoms with van der Waals surface area (Å²) in [7, 11) is 0. The fraction of sp³-hybridized carbons (Fsp3) is 0.643. The average molecular weight is 286 g/mol. The van der Waals surface area contributed by atoms with E-state index in [9.17, 15) is 4.79 Å². The molecule has 18 heavy (non-hydrogen) atoms. The summed E-state index contributed by atoms with van der Waals surface area (Å²) < 4.78 is 0. The van der Waals surface area contributed by atoms with Crippen molar-refractivity contribution in [3.05, 3.63) is 22.4 Å². The first-order chi connectivity index (χ1) is 8.66. The van der Waals surface area contributed by atoms with Gasteiger partial charge in [-0.1, -0.05) is 13.0 Å². The Morgan fingerprint density at radius 3 is 3.11 bits per heavy atom. The van der Waals surface area contributed by atoms with E-state index in [-0.39, 0.29) is 11.3 Å². The summed E-state index contributed by atoms with van der Waals surface area (Å²) in [5.41, 5.74) is 0. The molecule has 2 rings (SSSR count). The van der Waals surface area contributed by atoms with Crippen molar-refractivity contribution < 1.29 is 4.79 Å². The molecule has 2 heterocycles. The molecule has 4 heteroatoms. The van der Waals surface area contributed by atoms with Gasteiger partial charge in [0, 0.05) is 24.4 Å². The Balaban J connectivity index is 1.71. The molecular formula is C14H20ClNOS.